The zero-order valence-corrected chi connectivity index (χ0v) is 13.8. The van der Waals surface area contributed by atoms with E-state index < -0.39 is 0 Å². The minimum Gasteiger partial charge on any atom is -0.352 e. The van der Waals surface area contributed by atoms with Gasteiger partial charge in [-0.2, -0.15) is 0 Å². The molecule has 0 bridgehead atoms. The number of hydrogen-bond donors (Lipinski definition) is 0. The normalized spacial score (nSPS) is 33.6. The molecule has 2 aliphatic heterocycles. The lowest BCUT2D eigenvalue weighted by Gasteiger charge is -2.32. The second kappa shape index (κ2) is 5.67. The predicted octanol–water partition coefficient (Wildman–Crippen LogP) is 4.38. The van der Waals surface area contributed by atoms with E-state index in [0.29, 0.717) is 17.3 Å². The second-order valence-electron chi connectivity index (χ2n) is 6.09. The van der Waals surface area contributed by atoms with E-state index in [1.54, 1.807) is 11.3 Å². The van der Waals surface area contributed by atoms with Gasteiger partial charge in [0.25, 0.3) is 0 Å². The van der Waals surface area contributed by atoms with Crippen LogP contribution in [0.15, 0.2) is 46.4 Å². The number of amidine groups is 1. The second-order valence-corrected chi connectivity index (χ2v) is 7.37. The summed E-state index contributed by atoms with van der Waals surface area (Å²) >= 11 is 7.84. The van der Waals surface area contributed by atoms with Gasteiger partial charge in [0.1, 0.15) is 6.17 Å². The summed E-state index contributed by atoms with van der Waals surface area (Å²) in [6.45, 7) is 3.95. The largest absolute Gasteiger partial charge is 0.352 e. The lowest BCUT2D eigenvalue weighted by Crippen LogP contribution is -2.39. The van der Waals surface area contributed by atoms with E-state index in [1.807, 2.05) is 6.21 Å². The van der Waals surface area contributed by atoms with E-state index in [4.69, 9.17) is 11.6 Å². The zero-order chi connectivity index (χ0) is 15.1. The Hall–Kier alpha value is -1.39. The Balaban J connectivity index is 1.67. The number of nitrogens with zero attached hydrogens (tertiary/aromatic N) is 3. The van der Waals surface area contributed by atoms with Gasteiger partial charge in [0.15, 0.2) is 0 Å². The summed E-state index contributed by atoms with van der Waals surface area (Å²) < 4.78 is 0. The van der Waals surface area contributed by atoms with Crippen LogP contribution in [0.1, 0.15) is 24.1 Å². The molecule has 1 aromatic rings. The first kappa shape index (κ1) is 14.2. The number of aliphatic imine (C=N–C) groups is 2. The fourth-order valence-corrected chi connectivity index (χ4v) is 4.67. The van der Waals surface area contributed by atoms with Gasteiger partial charge < -0.3 is 4.90 Å². The molecule has 5 heteroatoms. The highest BCUT2D eigenvalue weighted by molar-refractivity contribution is 7.11. The van der Waals surface area contributed by atoms with Crippen molar-refractivity contribution in [3.05, 3.63) is 41.2 Å². The number of rotatable bonds is 3. The molecule has 1 aliphatic carbocycles. The Kier molecular flexibility index (Phi) is 3.66. The first-order valence-corrected chi connectivity index (χ1v) is 8.95. The van der Waals surface area contributed by atoms with E-state index in [9.17, 15) is 0 Å². The molecule has 22 heavy (non-hydrogen) atoms. The first-order chi connectivity index (χ1) is 10.8. The molecular weight excluding hydrogens is 314 g/mol. The van der Waals surface area contributed by atoms with Gasteiger partial charge in [-0.15, -0.1) is 17.9 Å². The maximum atomic E-state index is 6.07. The molecule has 114 valence electrons. The van der Waals surface area contributed by atoms with Crippen LogP contribution in [0.25, 0.3) is 5.57 Å². The van der Waals surface area contributed by atoms with Gasteiger partial charge in [-0.25, -0.2) is 9.98 Å². The lowest BCUT2D eigenvalue weighted by atomic mass is 9.99. The number of fused-ring (bicyclic) bond motifs is 1. The maximum absolute atomic E-state index is 6.07. The van der Waals surface area contributed by atoms with Crippen molar-refractivity contribution in [3.63, 3.8) is 0 Å². The third-order valence-corrected chi connectivity index (χ3v) is 5.97. The average molecular weight is 332 g/mol. The summed E-state index contributed by atoms with van der Waals surface area (Å²) in [4.78, 5) is 12.6. The molecule has 4 atom stereocenters. The number of allylic oxidation sites excluding steroid dienone is 1. The zero-order valence-electron chi connectivity index (χ0n) is 12.2. The molecule has 1 saturated carbocycles. The molecule has 3 aliphatic rings. The van der Waals surface area contributed by atoms with Gasteiger partial charge in [-0.3, -0.25) is 0 Å². The number of halogens is 1. The van der Waals surface area contributed by atoms with Crippen LogP contribution in [0.4, 0.5) is 0 Å². The predicted molar refractivity (Wildman–Crippen MR) is 94.5 cm³/mol. The van der Waals surface area contributed by atoms with Crippen molar-refractivity contribution < 1.29 is 0 Å². The van der Waals surface area contributed by atoms with E-state index in [0.717, 1.165) is 6.42 Å². The van der Waals surface area contributed by atoms with E-state index in [2.05, 4.69) is 51.3 Å². The number of hydrogen-bond acceptors (Lipinski definition) is 4. The van der Waals surface area contributed by atoms with Crippen LogP contribution < -0.4 is 0 Å². The molecule has 0 saturated heterocycles. The number of thiophene rings is 1. The van der Waals surface area contributed by atoms with E-state index >= 15 is 0 Å². The topological polar surface area (TPSA) is 28.0 Å². The molecule has 3 nitrogen and oxygen atoms in total. The van der Waals surface area contributed by atoms with Crippen molar-refractivity contribution in [2.24, 2.45) is 21.8 Å². The van der Waals surface area contributed by atoms with Crippen LogP contribution in [0.2, 0.25) is 0 Å². The van der Waals surface area contributed by atoms with Crippen molar-refractivity contribution in [2.45, 2.75) is 31.5 Å². The quantitative estimate of drug-likeness (QED) is 0.596. The van der Waals surface area contributed by atoms with E-state index in [1.165, 1.54) is 23.3 Å². The standard InChI is InChI=1S/C17H18ClN3S/c1-2-11-5-6-12(8-11)21-10-14(15-4-3-7-22-15)13-9-19-17(18)20-16(13)21/h2-4,7,9-13,16H,1,5-6,8H2/t11-,12+,13?,16?/m1/s1. The van der Waals surface area contributed by atoms with Crippen molar-refractivity contribution in [1.29, 1.82) is 0 Å². The minimum absolute atomic E-state index is 0.0654. The molecule has 1 aromatic heterocycles. The highest BCUT2D eigenvalue weighted by Crippen LogP contribution is 2.43. The van der Waals surface area contributed by atoms with Crippen LogP contribution in [0.3, 0.4) is 0 Å². The lowest BCUT2D eigenvalue weighted by molar-refractivity contribution is 0.214. The van der Waals surface area contributed by atoms with Crippen molar-refractivity contribution in [1.82, 2.24) is 4.90 Å². The smallest absolute Gasteiger partial charge is 0.219 e. The highest BCUT2D eigenvalue weighted by atomic mass is 35.5. The summed E-state index contributed by atoms with van der Waals surface area (Å²) in [5, 5.41) is 2.48. The van der Waals surface area contributed by atoms with Crippen molar-refractivity contribution in [3.8, 4) is 0 Å². The third kappa shape index (κ3) is 2.34. The SMILES string of the molecule is C=C[C@@H]1CC[C@H](N2C=C(c3cccs3)C3C=NC(Cl)=NC32)C1. The summed E-state index contributed by atoms with van der Waals surface area (Å²) in [5.41, 5.74) is 1.32. The molecular formula is C17H18ClN3S. The highest BCUT2D eigenvalue weighted by Gasteiger charge is 2.41. The summed E-state index contributed by atoms with van der Waals surface area (Å²) in [5.74, 6) is 0.836. The first-order valence-electron chi connectivity index (χ1n) is 7.69. The summed E-state index contributed by atoms with van der Waals surface area (Å²) in [6, 6.07) is 4.79. The van der Waals surface area contributed by atoms with Gasteiger partial charge in [0, 0.05) is 23.3 Å². The van der Waals surface area contributed by atoms with Gasteiger partial charge in [0.2, 0.25) is 5.29 Å². The van der Waals surface area contributed by atoms with Crippen molar-refractivity contribution in [2.75, 3.05) is 0 Å². The fraction of sp³-hybridized carbons (Fsp3) is 0.412. The Morgan fingerprint density at radius 2 is 2.32 bits per heavy atom. The van der Waals surface area contributed by atoms with Gasteiger partial charge in [-0.1, -0.05) is 12.1 Å². The molecule has 0 radical (unpaired) electrons. The molecule has 0 amide bonds. The van der Waals surface area contributed by atoms with Gasteiger partial charge in [-0.05, 0) is 53.8 Å². The fourth-order valence-electron chi connectivity index (χ4n) is 3.73. The molecule has 3 heterocycles. The summed E-state index contributed by atoms with van der Waals surface area (Å²) in [6.07, 6.45) is 9.99. The average Bonchev–Trinajstić information content (AvgIpc) is 3.25. The minimum atomic E-state index is 0.0654. The third-order valence-electron chi connectivity index (χ3n) is 4.86. The summed E-state index contributed by atoms with van der Waals surface area (Å²) in [7, 11) is 0. The molecule has 0 spiro atoms. The molecule has 1 fully saturated rings. The van der Waals surface area contributed by atoms with Crippen LogP contribution in [0, 0.1) is 11.8 Å². The van der Waals surface area contributed by atoms with Gasteiger partial charge in [0.05, 0.1) is 5.92 Å². The molecule has 2 unspecified atom stereocenters. The van der Waals surface area contributed by atoms with Gasteiger partial charge >= 0.3 is 0 Å². The molecule has 0 N–H and O–H groups in total. The molecule has 0 aromatic carbocycles. The van der Waals surface area contributed by atoms with Crippen LogP contribution >= 0.6 is 22.9 Å². The van der Waals surface area contributed by atoms with Crippen molar-refractivity contribution >= 4 is 40.0 Å². The Morgan fingerprint density at radius 3 is 3.05 bits per heavy atom. The Bertz CT molecular complexity index is 661. The maximum Gasteiger partial charge on any atom is 0.219 e. The van der Waals surface area contributed by atoms with Crippen LogP contribution in [-0.4, -0.2) is 28.6 Å². The van der Waals surface area contributed by atoms with Crippen LogP contribution in [0.5, 0.6) is 0 Å². The molecule has 4 rings (SSSR count). The Morgan fingerprint density at radius 1 is 1.41 bits per heavy atom. The van der Waals surface area contributed by atoms with Crippen LogP contribution in [-0.2, 0) is 0 Å². The Labute approximate surface area is 139 Å². The monoisotopic (exact) mass is 331 g/mol. The van der Waals surface area contributed by atoms with E-state index in [-0.39, 0.29) is 12.1 Å².